The molecule has 0 fully saturated rings. The molecule has 0 bridgehead atoms. The van der Waals surface area contributed by atoms with E-state index in [0.717, 1.165) is 16.8 Å². The molecule has 7 heteroatoms. The number of oxazole rings is 1. The van der Waals surface area contributed by atoms with E-state index in [4.69, 9.17) is 4.42 Å². The lowest BCUT2D eigenvalue weighted by atomic mass is 10.0. The summed E-state index contributed by atoms with van der Waals surface area (Å²) in [5.41, 5.74) is 4.09. The van der Waals surface area contributed by atoms with Crippen molar-refractivity contribution in [2.75, 3.05) is 0 Å². The maximum atomic E-state index is 13.4. The van der Waals surface area contributed by atoms with E-state index in [2.05, 4.69) is 9.97 Å². The van der Waals surface area contributed by atoms with Gasteiger partial charge >= 0.3 is 5.69 Å². The topological polar surface area (TPSA) is 65.8 Å². The van der Waals surface area contributed by atoms with Gasteiger partial charge in [-0.05, 0) is 55.8 Å². The molecule has 0 radical (unpaired) electrons. The van der Waals surface area contributed by atoms with Gasteiger partial charge in [-0.15, -0.1) is 0 Å². The average Bonchev–Trinajstić information content (AvgIpc) is 3.30. The third-order valence-electron chi connectivity index (χ3n) is 5.40. The highest BCUT2D eigenvalue weighted by molar-refractivity contribution is 5.74. The van der Waals surface area contributed by atoms with Gasteiger partial charge in [0.2, 0.25) is 5.89 Å². The van der Waals surface area contributed by atoms with Crippen molar-refractivity contribution < 1.29 is 8.81 Å². The maximum absolute atomic E-state index is 13.4. The van der Waals surface area contributed by atoms with E-state index in [1.807, 2.05) is 50.2 Å². The minimum atomic E-state index is -0.354. The fourth-order valence-corrected chi connectivity index (χ4v) is 3.78. The van der Waals surface area contributed by atoms with Gasteiger partial charge in [0, 0.05) is 18.8 Å². The molecule has 0 saturated heterocycles. The predicted octanol–water partition coefficient (Wildman–Crippen LogP) is 4.64. The van der Waals surface area contributed by atoms with Crippen LogP contribution in [0.4, 0.5) is 4.39 Å². The van der Waals surface area contributed by atoms with Crippen LogP contribution in [0.25, 0.3) is 28.0 Å². The van der Waals surface area contributed by atoms with Gasteiger partial charge < -0.3 is 4.42 Å². The van der Waals surface area contributed by atoms with E-state index >= 15 is 0 Å². The molecule has 1 atom stereocenters. The van der Waals surface area contributed by atoms with Crippen molar-refractivity contribution in [3.63, 3.8) is 0 Å². The zero-order valence-corrected chi connectivity index (χ0v) is 16.5. The number of benzene rings is 2. The van der Waals surface area contributed by atoms with Crippen LogP contribution in [0.1, 0.15) is 31.2 Å². The van der Waals surface area contributed by atoms with Crippen molar-refractivity contribution in [3.8, 4) is 5.69 Å². The summed E-state index contributed by atoms with van der Waals surface area (Å²) in [6.45, 7) is 4.49. The van der Waals surface area contributed by atoms with Crippen LogP contribution in [-0.4, -0.2) is 19.1 Å². The minimum absolute atomic E-state index is 0.118. The van der Waals surface area contributed by atoms with E-state index in [1.54, 1.807) is 21.4 Å². The van der Waals surface area contributed by atoms with E-state index in [0.29, 0.717) is 29.2 Å². The Bertz CT molecular complexity index is 1430. The molecule has 0 N–H and O–H groups in total. The third kappa shape index (κ3) is 2.82. The lowest BCUT2D eigenvalue weighted by Gasteiger charge is -2.09. The van der Waals surface area contributed by atoms with Gasteiger partial charge in [-0.25, -0.2) is 23.7 Å². The summed E-state index contributed by atoms with van der Waals surface area (Å²) >= 11 is 0. The second-order valence-electron chi connectivity index (χ2n) is 7.19. The Kier molecular flexibility index (Phi) is 4.24. The summed E-state index contributed by atoms with van der Waals surface area (Å²) in [5, 5.41) is 0. The summed E-state index contributed by atoms with van der Waals surface area (Å²) in [4.78, 5) is 21.8. The molecule has 0 aliphatic rings. The van der Waals surface area contributed by atoms with Crippen LogP contribution in [0.15, 0.2) is 70.0 Å². The highest BCUT2D eigenvalue weighted by Crippen LogP contribution is 2.28. The maximum Gasteiger partial charge on any atom is 0.334 e. The smallest absolute Gasteiger partial charge is 0.334 e. The van der Waals surface area contributed by atoms with Crippen molar-refractivity contribution in [2.24, 2.45) is 0 Å². The number of imidazole rings is 1. The molecule has 30 heavy (non-hydrogen) atoms. The molecular formula is C23H19FN4O2. The monoisotopic (exact) mass is 402 g/mol. The van der Waals surface area contributed by atoms with E-state index in [9.17, 15) is 9.18 Å². The molecule has 0 aliphatic carbocycles. The standard InChI is InChI=1S/C23H19FN4O2/c1-3-27-19-5-4-12-25-21(19)28(23(27)29)17-9-6-15(7-10-17)14(2)22-26-18-11-8-16(24)13-20(18)30-22/h4-14H,3H2,1-2H3. The molecule has 2 aromatic carbocycles. The van der Waals surface area contributed by atoms with Crippen LogP contribution >= 0.6 is 0 Å². The number of pyridine rings is 1. The minimum Gasteiger partial charge on any atom is -0.440 e. The number of aromatic nitrogens is 4. The van der Waals surface area contributed by atoms with Crippen LogP contribution in [0, 0.1) is 5.82 Å². The van der Waals surface area contributed by atoms with Crippen LogP contribution in [0.5, 0.6) is 0 Å². The van der Waals surface area contributed by atoms with Crippen molar-refractivity contribution >= 4 is 22.3 Å². The highest BCUT2D eigenvalue weighted by atomic mass is 19.1. The van der Waals surface area contributed by atoms with Gasteiger partial charge in [-0.1, -0.05) is 12.1 Å². The van der Waals surface area contributed by atoms with Crippen LogP contribution < -0.4 is 5.69 Å². The lowest BCUT2D eigenvalue weighted by Crippen LogP contribution is -2.22. The SMILES string of the molecule is CCn1c(=O)n(-c2ccc(C(C)c3nc4ccc(F)cc4o3)cc2)c2ncccc21. The first-order valence-corrected chi connectivity index (χ1v) is 9.79. The molecule has 0 spiro atoms. The van der Waals surface area contributed by atoms with Crippen molar-refractivity contribution in [1.29, 1.82) is 0 Å². The summed E-state index contributed by atoms with van der Waals surface area (Å²) in [6.07, 6.45) is 1.69. The molecule has 1 unspecified atom stereocenters. The summed E-state index contributed by atoms with van der Waals surface area (Å²) in [7, 11) is 0. The number of hydrogen-bond donors (Lipinski definition) is 0. The Balaban J connectivity index is 1.54. The number of hydrogen-bond acceptors (Lipinski definition) is 4. The first-order chi connectivity index (χ1) is 14.6. The molecule has 3 aromatic heterocycles. The van der Waals surface area contributed by atoms with E-state index < -0.39 is 0 Å². The van der Waals surface area contributed by atoms with E-state index in [1.165, 1.54) is 12.1 Å². The second-order valence-corrected chi connectivity index (χ2v) is 7.19. The van der Waals surface area contributed by atoms with Crippen molar-refractivity contribution in [1.82, 2.24) is 19.1 Å². The number of aryl methyl sites for hydroxylation is 1. The van der Waals surface area contributed by atoms with Gasteiger partial charge in [0.25, 0.3) is 0 Å². The molecule has 5 aromatic rings. The zero-order valence-electron chi connectivity index (χ0n) is 16.5. The predicted molar refractivity (Wildman–Crippen MR) is 112 cm³/mol. The molecule has 5 rings (SSSR count). The Morgan fingerprint density at radius 1 is 1.13 bits per heavy atom. The molecule has 0 aliphatic heterocycles. The summed E-state index contributed by atoms with van der Waals surface area (Å²) < 4.78 is 22.5. The number of rotatable bonds is 4. The fourth-order valence-electron chi connectivity index (χ4n) is 3.78. The largest absolute Gasteiger partial charge is 0.440 e. The van der Waals surface area contributed by atoms with Crippen LogP contribution in [0.2, 0.25) is 0 Å². The van der Waals surface area contributed by atoms with Crippen molar-refractivity contribution in [3.05, 3.63) is 88.5 Å². The Labute approximate surface area is 171 Å². The van der Waals surface area contributed by atoms with E-state index in [-0.39, 0.29) is 17.4 Å². The number of nitrogens with zero attached hydrogens (tertiary/aromatic N) is 4. The zero-order chi connectivity index (χ0) is 20.8. The molecule has 0 saturated carbocycles. The van der Waals surface area contributed by atoms with Gasteiger partial charge in [0.05, 0.1) is 17.1 Å². The summed E-state index contributed by atoms with van der Waals surface area (Å²) in [5.74, 6) is 0.0404. The molecule has 6 nitrogen and oxygen atoms in total. The Morgan fingerprint density at radius 3 is 2.70 bits per heavy atom. The molecule has 0 amide bonds. The third-order valence-corrected chi connectivity index (χ3v) is 5.40. The quantitative estimate of drug-likeness (QED) is 0.439. The first-order valence-electron chi connectivity index (χ1n) is 9.79. The summed E-state index contributed by atoms with van der Waals surface area (Å²) in [6, 6.07) is 15.7. The van der Waals surface area contributed by atoms with Crippen LogP contribution in [-0.2, 0) is 6.54 Å². The Morgan fingerprint density at radius 2 is 1.93 bits per heavy atom. The number of fused-ring (bicyclic) bond motifs is 2. The number of halogens is 1. The fraction of sp³-hybridized carbons (Fsp3) is 0.174. The lowest BCUT2D eigenvalue weighted by molar-refractivity contribution is 0.510. The van der Waals surface area contributed by atoms with Gasteiger partial charge in [-0.2, -0.15) is 0 Å². The molecule has 150 valence electrons. The van der Waals surface area contributed by atoms with Gasteiger partial charge in [0.1, 0.15) is 11.3 Å². The second kappa shape index (κ2) is 6.95. The van der Waals surface area contributed by atoms with Gasteiger partial charge in [0.15, 0.2) is 11.2 Å². The van der Waals surface area contributed by atoms with Crippen molar-refractivity contribution in [2.45, 2.75) is 26.3 Å². The Hall–Kier alpha value is -3.74. The molecule has 3 heterocycles. The van der Waals surface area contributed by atoms with Gasteiger partial charge in [-0.3, -0.25) is 4.57 Å². The average molecular weight is 402 g/mol. The molecular weight excluding hydrogens is 383 g/mol. The first kappa shape index (κ1) is 18.3. The normalized spacial score (nSPS) is 12.6. The highest BCUT2D eigenvalue weighted by Gasteiger charge is 2.18. The van der Waals surface area contributed by atoms with Crippen LogP contribution in [0.3, 0.4) is 0 Å².